The lowest BCUT2D eigenvalue weighted by Gasteiger charge is -2.25. The van der Waals surface area contributed by atoms with E-state index in [9.17, 15) is 14.7 Å². The number of hydrogen-bond acceptors (Lipinski definition) is 3. The van der Waals surface area contributed by atoms with E-state index in [2.05, 4.69) is 22.4 Å². The van der Waals surface area contributed by atoms with E-state index in [0.717, 1.165) is 25.3 Å². The number of pyridine rings is 1. The van der Waals surface area contributed by atoms with Gasteiger partial charge in [0.05, 0.1) is 5.56 Å². The van der Waals surface area contributed by atoms with Crippen LogP contribution < -0.4 is 10.9 Å². The van der Waals surface area contributed by atoms with E-state index in [0.29, 0.717) is 0 Å². The molecule has 1 aromatic heterocycles. The topological polar surface area (TPSA) is 82.2 Å². The molecule has 1 amide bonds. The minimum Gasteiger partial charge on any atom is -0.507 e. The van der Waals surface area contributed by atoms with E-state index < -0.39 is 5.56 Å². The van der Waals surface area contributed by atoms with Gasteiger partial charge in [0.25, 0.3) is 11.5 Å². The summed E-state index contributed by atoms with van der Waals surface area (Å²) in [4.78, 5) is 25.6. The van der Waals surface area contributed by atoms with Crippen LogP contribution in [0, 0.1) is 0 Å². The third-order valence-electron chi connectivity index (χ3n) is 3.83. The third-order valence-corrected chi connectivity index (χ3v) is 3.83. The molecule has 5 nitrogen and oxygen atoms in total. The standard InChI is InChI=1S/C16H16N2O3/c19-14-8-15(20)17-9-13(14)16(21)18-12-6-5-10-3-1-2-4-11(10)7-12/h1-4,8-9,12H,5-7H2,(H,18,21)(H2,17,19,20)/t12-/m1/s1. The van der Waals surface area contributed by atoms with Crippen LogP contribution in [0.3, 0.4) is 0 Å². The van der Waals surface area contributed by atoms with Gasteiger partial charge in [-0.1, -0.05) is 24.3 Å². The van der Waals surface area contributed by atoms with Crippen LogP contribution in [0.5, 0.6) is 5.75 Å². The Bertz CT molecular complexity index is 736. The first-order valence-corrected chi connectivity index (χ1v) is 6.93. The minimum atomic E-state index is -0.435. The number of aromatic amines is 1. The summed E-state index contributed by atoms with van der Waals surface area (Å²) in [6.07, 6.45) is 3.82. The Labute approximate surface area is 121 Å². The number of benzene rings is 1. The lowest BCUT2D eigenvalue weighted by atomic mass is 9.88. The molecular formula is C16H16N2O3. The van der Waals surface area contributed by atoms with Gasteiger partial charge >= 0.3 is 0 Å². The molecular weight excluding hydrogens is 268 g/mol. The number of carbonyl (C=O) groups excluding carboxylic acids is 1. The van der Waals surface area contributed by atoms with Crippen molar-refractivity contribution < 1.29 is 9.90 Å². The number of aromatic nitrogens is 1. The van der Waals surface area contributed by atoms with Gasteiger partial charge in [-0.2, -0.15) is 0 Å². The summed E-state index contributed by atoms with van der Waals surface area (Å²) in [6, 6.07) is 9.25. The van der Waals surface area contributed by atoms with Crippen molar-refractivity contribution in [1.82, 2.24) is 10.3 Å². The Morgan fingerprint density at radius 3 is 2.81 bits per heavy atom. The fraction of sp³-hybridized carbons (Fsp3) is 0.250. The third kappa shape index (κ3) is 2.81. The van der Waals surface area contributed by atoms with Gasteiger partial charge in [0.2, 0.25) is 0 Å². The van der Waals surface area contributed by atoms with Crippen molar-refractivity contribution >= 4 is 5.91 Å². The van der Waals surface area contributed by atoms with Crippen molar-refractivity contribution in [2.75, 3.05) is 0 Å². The number of carbonyl (C=O) groups is 1. The van der Waals surface area contributed by atoms with Crippen LogP contribution in [-0.4, -0.2) is 22.0 Å². The molecule has 3 rings (SSSR count). The van der Waals surface area contributed by atoms with Gasteiger partial charge in [-0.3, -0.25) is 9.59 Å². The SMILES string of the molecule is O=C(N[C@@H]1CCc2ccccc2C1)c1c[nH]c(=O)cc1O. The van der Waals surface area contributed by atoms with Crippen LogP contribution >= 0.6 is 0 Å². The zero-order valence-electron chi connectivity index (χ0n) is 11.4. The lowest BCUT2D eigenvalue weighted by molar-refractivity contribution is 0.0930. The normalized spacial score (nSPS) is 17.0. The van der Waals surface area contributed by atoms with Crippen LogP contribution in [0.2, 0.25) is 0 Å². The van der Waals surface area contributed by atoms with Crippen LogP contribution in [0.1, 0.15) is 27.9 Å². The Morgan fingerprint density at radius 1 is 1.29 bits per heavy atom. The molecule has 2 aromatic rings. The molecule has 0 aliphatic heterocycles. The molecule has 0 unspecified atom stereocenters. The molecule has 21 heavy (non-hydrogen) atoms. The molecule has 0 radical (unpaired) electrons. The average molecular weight is 284 g/mol. The Kier molecular flexibility index (Phi) is 3.48. The van der Waals surface area contributed by atoms with Crippen molar-refractivity contribution in [3.8, 4) is 5.75 Å². The monoisotopic (exact) mass is 284 g/mol. The van der Waals surface area contributed by atoms with Gasteiger partial charge in [0.1, 0.15) is 5.75 Å². The molecule has 0 spiro atoms. The average Bonchev–Trinajstić information content (AvgIpc) is 2.47. The van der Waals surface area contributed by atoms with E-state index in [1.165, 1.54) is 17.3 Å². The number of aromatic hydroxyl groups is 1. The van der Waals surface area contributed by atoms with Crippen LogP contribution in [0.15, 0.2) is 41.3 Å². The van der Waals surface area contributed by atoms with Gasteiger partial charge < -0.3 is 15.4 Å². The van der Waals surface area contributed by atoms with Crippen molar-refractivity contribution in [3.05, 3.63) is 63.6 Å². The molecule has 0 fully saturated rings. The van der Waals surface area contributed by atoms with Gasteiger partial charge in [-0.05, 0) is 30.4 Å². The molecule has 0 bridgehead atoms. The second kappa shape index (κ2) is 5.44. The quantitative estimate of drug-likeness (QED) is 0.779. The highest BCUT2D eigenvalue weighted by molar-refractivity contribution is 5.96. The van der Waals surface area contributed by atoms with Gasteiger partial charge in [0, 0.05) is 18.3 Å². The number of rotatable bonds is 2. The van der Waals surface area contributed by atoms with Crippen molar-refractivity contribution in [2.24, 2.45) is 0 Å². The summed E-state index contributed by atoms with van der Waals surface area (Å²) in [5.74, 6) is -0.666. The summed E-state index contributed by atoms with van der Waals surface area (Å²) in [7, 11) is 0. The maximum Gasteiger partial charge on any atom is 0.256 e. The van der Waals surface area contributed by atoms with Crippen molar-refractivity contribution in [1.29, 1.82) is 0 Å². The van der Waals surface area contributed by atoms with Crippen molar-refractivity contribution in [3.63, 3.8) is 0 Å². The molecule has 3 N–H and O–H groups in total. The Hall–Kier alpha value is -2.56. The smallest absolute Gasteiger partial charge is 0.256 e. The molecule has 1 aliphatic carbocycles. The second-order valence-corrected chi connectivity index (χ2v) is 5.28. The van der Waals surface area contributed by atoms with Crippen LogP contribution in [-0.2, 0) is 12.8 Å². The van der Waals surface area contributed by atoms with E-state index in [1.807, 2.05) is 12.1 Å². The van der Waals surface area contributed by atoms with Gasteiger partial charge in [0.15, 0.2) is 0 Å². The van der Waals surface area contributed by atoms with E-state index in [1.54, 1.807) is 0 Å². The van der Waals surface area contributed by atoms with Crippen LogP contribution in [0.4, 0.5) is 0 Å². The maximum atomic E-state index is 12.2. The Balaban J connectivity index is 1.73. The zero-order chi connectivity index (χ0) is 14.8. The largest absolute Gasteiger partial charge is 0.507 e. The summed E-state index contributed by atoms with van der Waals surface area (Å²) in [5.41, 5.74) is 2.23. The first-order valence-electron chi connectivity index (χ1n) is 6.93. The molecule has 1 atom stereocenters. The highest BCUT2D eigenvalue weighted by Crippen LogP contribution is 2.21. The predicted octanol–water partition coefficient (Wildman–Crippen LogP) is 1.37. The summed E-state index contributed by atoms with van der Waals surface area (Å²) < 4.78 is 0. The fourth-order valence-corrected chi connectivity index (χ4v) is 2.73. The minimum absolute atomic E-state index is 0.0405. The highest BCUT2D eigenvalue weighted by Gasteiger charge is 2.21. The van der Waals surface area contributed by atoms with E-state index in [-0.39, 0.29) is 23.3 Å². The fourth-order valence-electron chi connectivity index (χ4n) is 2.73. The molecule has 1 heterocycles. The maximum absolute atomic E-state index is 12.2. The van der Waals surface area contributed by atoms with Gasteiger partial charge in [-0.15, -0.1) is 0 Å². The lowest BCUT2D eigenvalue weighted by Crippen LogP contribution is -2.39. The van der Waals surface area contributed by atoms with E-state index in [4.69, 9.17) is 0 Å². The summed E-state index contributed by atoms with van der Waals surface area (Å²) >= 11 is 0. The Morgan fingerprint density at radius 2 is 2.05 bits per heavy atom. The predicted molar refractivity (Wildman–Crippen MR) is 78.4 cm³/mol. The number of nitrogens with one attached hydrogen (secondary N) is 2. The molecule has 5 heteroatoms. The van der Waals surface area contributed by atoms with Gasteiger partial charge in [-0.25, -0.2) is 0 Å². The number of H-pyrrole nitrogens is 1. The van der Waals surface area contributed by atoms with Crippen LogP contribution in [0.25, 0.3) is 0 Å². The molecule has 108 valence electrons. The van der Waals surface area contributed by atoms with Crippen molar-refractivity contribution in [2.45, 2.75) is 25.3 Å². The first-order chi connectivity index (χ1) is 10.1. The molecule has 1 aliphatic rings. The summed E-state index contributed by atoms with van der Waals surface area (Å²) in [5, 5.41) is 12.6. The number of fused-ring (bicyclic) bond motifs is 1. The highest BCUT2D eigenvalue weighted by atomic mass is 16.3. The molecule has 0 saturated carbocycles. The number of hydrogen-bond donors (Lipinski definition) is 3. The number of aryl methyl sites for hydroxylation is 1. The first kappa shape index (κ1) is 13.4. The summed E-state index contributed by atoms with van der Waals surface area (Å²) in [6.45, 7) is 0. The second-order valence-electron chi connectivity index (χ2n) is 5.28. The zero-order valence-corrected chi connectivity index (χ0v) is 11.4. The molecule has 1 aromatic carbocycles. The molecule has 0 saturated heterocycles. The van der Waals surface area contributed by atoms with E-state index >= 15 is 0 Å². The number of amides is 1.